The summed E-state index contributed by atoms with van der Waals surface area (Å²) in [5.41, 5.74) is 3.13. The fourth-order valence-electron chi connectivity index (χ4n) is 4.22. The Morgan fingerprint density at radius 2 is 2.00 bits per heavy atom. The van der Waals surface area contributed by atoms with E-state index in [2.05, 4.69) is 35.6 Å². The van der Waals surface area contributed by atoms with E-state index in [0.717, 1.165) is 42.7 Å². The third-order valence-electron chi connectivity index (χ3n) is 5.65. The van der Waals surface area contributed by atoms with Gasteiger partial charge in [0.25, 0.3) is 0 Å². The van der Waals surface area contributed by atoms with Crippen LogP contribution in [0.3, 0.4) is 0 Å². The van der Waals surface area contributed by atoms with E-state index in [9.17, 15) is 4.79 Å². The van der Waals surface area contributed by atoms with Crippen LogP contribution in [-0.4, -0.2) is 37.0 Å². The van der Waals surface area contributed by atoms with Gasteiger partial charge in [-0.15, -0.1) is 0 Å². The minimum absolute atomic E-state index is 0.227. The Labute approximate surface area is 148 Å². The maximum Gasteiger partial charge on any atom is 0.242 e. The van der Waals surface area contributed by atoms with Crippen LogP contribution < -0.4 is 10.1 Å². The maximum atomic E-state index is 12.5. The van der Waals surface area contributed by atoms with Crippen molar-refractivity contribution in [3.63, 3.8) is 0 Å². The molecule has 2 atom stereocenters. The van der Waals surface area contributed by atoms with Crippen molar-refractivity contribution in [3.05, 3.63) is 54.1 Å². The highest BCUT2D eigenvalue weighted by atomic mass is 16.5. The number of likely N-dealkylation sites (tertiary alicyclic amines) is 1. The molecule has 1 amide bonds. The van der Waals surface area contributed by atoms with Crippen LogP contribution in [0.1, 0.15) is 30.9 Å². The Hall–Kier alpha value is -2.33. The number of hydrogen-bond donors (Lipinski definition) is 1. The van der Waals surface area contributed by atoms with Gasteiger partial charge in [-0.3, -0.25) is 10.1 Å². The maximum absolute atomic E-state index is 12.5. The third kappa shape index (κ3) is 2.71. The highest BCUT2D eigenvalue weighted by molar-refractivity contribution is 5.88. The van der Waals surface area contributed by atoms with E-state index < -0.39 is 0 Å². The van der Waals surface area contributed by atoms with E-state index in [-0.39, 0.29) is 17.5 Å². The molecule has 2 aliphatic heterocycles. The molecule has 2 heterocycles. The molecular formula is C21H24N2O2. The van der Waals surface area contributed by atoms with Gasteiger partial charge >= 0.3 is 0 Å². The molecule has 0 aliphatic carbocycles. The van der Waals surface area contributed by atoms with Crippen molar-refractivity contribution >= 4 is 5.91 Å². The van der Waals surface area contributed by atoms with Gasteiger partial charge in [0.1, 0.15) is 11.3 Å². The SMILES string of the molecule is COc1ccccc1-c1cccc([C@H]2CC[C@@]3(CCN(C)C3=O)N2)c1. The normalized spacial score (nSPS) is 25.8. The number of nitrogens with one attached hydrogen (secondary N) is 1. The monoisotopic (exact) mass is 336 g/mol. The van der Waals surface area contributed by atoms with E-state index >= 15 is 0 Å². The van der Waals surface area contributed by atoms with Crippen LogP contribution in [0.5, 0.6) is 5.75 Å². The van der Waals surface area contributed by atoms with Crippen LogP contribution in [0.2, 0.25) is 0 Å². The quantitative estimate of drug-likeness (QED) is 0.934. The van der Waals surface area contributed by atoms with Crippen molar-refractivity contribution in [3.8, 4) is 16.9 Å². The topological polar surface area (TPSA) is 41.6 Å². The second kappa shape index (κ2) is 6.19. The zero-order valence-electron chi connectivity index (χ0n) is 14.8. The lowest BCUT2D eigenvalue weighted by molar-refractivity contribution is -0.131. The first-order valence-corrected chi connectivity index (χ1v) is 8.89. The van der Waals surface area contributed by atoms with Gasteiger partial charge in [-0.2, -0.15) is 0 Å². The van der Waals surface area contributed by atoms with Crippen molar-refractivity contribution in [1.82, 2.24) is 10.2 Å². The minimum atomic E-state index is -0.347. The molecule has 0 aromatic heterocycles. The Morgan fingerprint density at radius 3 is 2.76 bits per heavy atom. The van der Waals surface area contributed by atoms with E-state index in [1.807, 2.05) is 30.1 Å². The summed E-state index contributed by atoms with van der Waals surface area (Å²) >= 11 is 0. The molecule has 4 heteroatoms. The molecule has 130 valence electrons. The first kappa shape index (κ1) is 16.2. The van der Waals surface area contributed by atoms with E-state index in [1.165, 1.54) is 5.56 Å². The van der Waals surface area contributed by atoms with Gasteiger partial charge in [0.15, 0.2) is 0 Å². The number of likely N-dealkylation sites (N-methyl/N-ethyl adjacent to an activating group) is 1. The molecule has 2 aliphatic rings. The van der Waals surface area contributed by atoms with Gasteiger partial charge in [-0.05, 0) is 42.5 Å². The molecule has 2 fully saturated rings. The zero-order valence-corrected chi connectivity index (χ0v) is 14.8. The lowest BCUT2D eigenvalue weighted by Crippen LogP contribution is -2.47. The predicted octanol–water partition coefficient (Wildman–Crippen LogP) is 3.39. The van der Waals surface area contributed by atoms with Gasteiger partial charge in [0, 0.05) is 25.2 Å². The zero-order chi connectivity index (χ0) is 17.4. The van der Waals surface area contributed by atoms with Crippen LogP contribution >= 0.6 is 0 Å². The summed E-state index contributed by atoms with van der Waals surface area (Å²) in [6.07, 6.45) is 2.82. The van der Waals surface area contributed by atoms with Crippen molar-refractivity contribution in [1.29, 1.82) is 0 Å². The molecule has 1 spiro atoms. The fraction of sp³-hybridized carbons (Fsp3) is 0.381. The summed E-state index contributed by atoms with van der Waals surface area (Å²) in [7, 11) is 3.60. The van der Waals surface area contributed by atoms with Crippen molar-refractivity contribution < 1.29 is 9.53 Å². The largest absolute Gasteiger partial charge is 0.496 e. The van der Waals surface area contributed by atoms with E-state index in [4.69, 9.17) is 4.74 Å². The number of para-hydroxylation sites is 1. The second-order valence-electron chi connectivity index (χ2n) is 7.12. The van der Waals surface area contributed by atoms with Crippen LogP contribution in [-0.2, 0) is 4.79 Å². The summed E-state index contributed by atoms with van der Waals surface area (Å²) in [6, 6.07) is 16.9. The number of carbonyl (C=O) groups is 1. The van der Waals surface area contributed by atoms with E-state index in [0.29, 0.717) is 0 Å². The Balaban J connectivity index is 1.62. The van der Waals surface area contributed by atoms with Crippen molar-refractivity contribution in [2.75, 3.05) is 20.7 Å². The standard InChI is InChI=1S/C21H24N2O2/c1-23-13-12-21(20(23)24)11-10-18(22-21)16-7-5-6-15(14-16)17-8-3-4-9-19(17)25-2/h3-9,14,18,22H,10-13H2,1-2H3/t18-,21+/m1/s1. The number of carbonyl (C=O) groups excluding carboxylic acids is 1. The van der Waals surface area contributed by atoms with E-state index in [1.54, 1.807) is 7.11 Å². The number of benzene rings is 2. The molecule has 0 unspecified atom stereocenters. The van der Waals surface area contributed by atoms with Crippen molar-refractivity contribution in [2.24, 2.45) is 0 Å². The number of methoxy groups -OCH3 is 1. The van der Waals surface area contributed by atoms with Crippen LogP contribution in [0, 0.1) is 0 Å². The first-order valence-electron chi connectivity index (χ1n) is 8.89. The summed E-state index contributed by atoms with van der Waals surface area (Å²) in [6.45, 7) is 0.847. The Morgan fingerprint density at radius 1 is 1.16 bits per heavy atom. The molecule has 2 aromatic carbocycles. The molecular weight excluding hydrogens is 312 g/mol. The average Bonchev–Trinajstić information content (AvgIpc) is 3.22. The van der Waals surface area contributed by atoms with Gasteiger partial charge in [-0.1, -0.05) is 36.4 Å². The summed E-state index contributed by atoms with van der Waals surface area (Å²) in [4.78, 5) is 14.4. The van der Waals surface area contributed by atoms with Crippen molar-refractivity contribution in [2.45, 2.75) is 30.8 Å². The number of hydrogen-bond acceptors (Lipinski definition) is 3. The molecule has 4 rings (SSSR count). The smallest absolute Gasteiger partial charge is 0.242 e. The average molecular weight is 336 g/mol. The molecule has 0 saturated carbocycles. The molecule has 0 radical (unpaired) electrons. The molecule has 0 bridgehead atoms. The number of amides is 1. The first-order chi connectivity index (χ1) is 12.1. The number of nitrogens with zero attached hydrogens (tertiary/aromatic N) is 1. The van der Waals surface area contributed by atoms with Crippen LogP contribution in [0.15, 0.2) is 48.5 Å². The van der Waals surface area contributed by atoms with Crippen LogP contribution in [0.4, 0.5) is 0 Å². The molecule has 1 N–H and O–H groups in total. The highest BCUT2D eigenvalue weighted by Crippen LogP contribution is 2.40. The second-order valence-corrected chi connectivity index (χ2v) is 7.12. The molecule has 4 nitrogen and oxygen atoms in total. The summed E-state index contributed by atoms with van der Waals surface area (Å²) in [5.74, 6) is 1.12. The predicted molar refractivity (Wildman–Crippen MR) is 98.5 cm³/mol. The Kier molecular flexibility index (Phi) is 4.00. The lowest BCUT2D eigenvalue weighted by atomic mass is 9.95. The Bertz CT molecular complexity index is 804. The molecule has 25 heavy (non-hydrogen) atoms. The minimum Gasteiger partial charge on any atom is -0.496 e. The summed E-state index contributed by atoms with van der Waals surface area (Å²) < 4.78 is 5.50. The number of ether oxygens (including phenoxy) is 1. The van der Waals surface area contributed by atoms with Gasteiger partial charge in [-0.25, -0.2) is 0 Å². The number of rotatable bonds is 3. The van der Waals surface area contributed by atoms with Gasteiger partial charge in [0.2, 0.25) is 5.91 Å². The molecule has 2 aromatic rings. The molecule has 2 saturated heterocycles. The van der Waals surface area contributed by atoms with Gasteiger partial charge in [0.05, 0.1) is 7.11 Å². The summed E-state index contributed by atoms with van der Waals surface area (Å²) in [5, 5.41) is 3.65. The van der Waals surface area contributed by atoms with Gasteiger partial charge < -0.3 is 9.64 Å². The third-order valence-corrected chi connectivity index (χ3v) is 5.65. The van der Waals surface area contributed by atoms with Crippen LogP contribution in [0.25, 0.3) is 11.1 Å². The lowest BCUT2D eigenvalue weighted by Gasteiger charge is -2.23. The highest BCUT2D eigenvalue weighted by Gasteiger charge is 2.49. The fourth-order valence-corrected chi connectivity index (χ4v) is 4.22.